The van der Waals surface area contributed by atoms with Gasteiger partial charge in [-0.2, -0.15) is 11.3 Å². The van der Waals surface area contributed by atoms with E-state index in [2.05, 4.69) is 61.6 Å². The van der Waals surface area contributed by atoms with Crippen molar-refractivity contribution in [2.75, 3.05) is 33.2 Å². The minimum Gasteiger partial charge on any atom is -0.356 e. The van der Waals surface area contributed by atoms with Gasteiger partial charge >= 0.3 is 0 Å². The Labute approximate surface area is 182 Å². The van der Waals surface area contributed by atoms with Crippen molar-refractivity contribution in [3.05, 3.63) is 38.5 Å². The summed E-state index contributed by atoms with van der Waals surface area (Å²) in [4.78, 5) is 11.3. The Bertz CT molecular complexity index is 638. The zero-order chi connectivity index (χ0) is 18.1. The number of aliphatic imine (C=N–C) groups is 1. The van der Waals surface area contributed by atoms with Gasteiger partial charge in [-0.25, -0.2) is 4.98 Å². The maximum absolute atomic E-state index is 4.50. The first kappa shape index (κ1) is 23.3. The molecule has 2 aromatic rings. The number of hydrogen-bond donors (Lipinski definition) is 2. The fourth-order valence-corrected chi connectivity index (χ4v) is 4.19. The maximum atomic E-state index is 4.50. The molecule has 0 aliphatic heterocycles. The molecule has 2 aromatic heterocycles. The molecule has 0 saturated carbocycles. The molecule has 0 aromatic carbocycles. The van der Waals surface area contributed by atoms with E-state index in [4.69, 9.17) is 0 Å². The second-order valence-electron chi connectivity index (χ2n) is 5.78. The van der Waals surface area contributed by atoms with Gasteiger partial charge in [-0.3, -0.25) is 9.89 Å². The summed E-state index contributed by atoms with van der Waals surface area (Å²) in [6.45, 7) is 10.2. The van der Waals surface area contributed by atoms with Crippen LogP contribution in [0.3, 0.4) is 0 Å². The smallest absolute Gasteiger partial charge is 0.191 e. The molecular formula is C18H30IN5S2. The lowest BCUT2D eigenvalue weighted by Gasteiger charge is -2.30. The van der Waals surface area contributed by atoms with Crippen LogP contribution in [0.15, 0.2) is 27.2 Å². The highest BCUT2D eigenvalue weighted by atomic mass is 127. The van der Waals surface area contributed by atoms with E-state index in [9.17, 15) is 0 Å². The average molecular weight is 508 g/mol. The number of rotatable bonds is 9. The summed E-state index contributed by atoms with van der Waals surface area (Å²) in [5.74, 6) is 0.847. The molecule has 2 N–H and O–H groups in total. The highest BCUT2D eigenvalue weighted by Gasteiger charge is 2.18. The minimum absolute atomic E-state index is 0. The number of hydrogen-bond acceptors (Lipinski definition) is 5. The number of thiazole rings is 1. The molecule has 146 valence electrons. The molecule has 26 heavy (non-hydrogen) atoms. The van der Waals surface area contributed by atoms with Gasteiger partial charge < -0.3 is 10.6 Å². The van der Waals surface area contributed by atoms with Crippen LogP contribution >= 0.6 is 46.7 Å². The van der Waals surface area contributed by atoms with Crippen LogP contribution in [0.4, 0.5) is 0 Å². The van der Waals surface area contributed by atoms with Crippen LogP contribution in [0, 0.1) is 6.92 Å². The lowest BCUT2D eigenvalue weighted by molar-refractivity contribution is 0.219. The molecule has 0 radical (unpaired) electrons. The topological polar surface area (TPSA) is 52.5 Å². The average Bonchev–Trinajstić information content (AvgIpc) is 3.28. The standard InChI is InChI=1S/C18H29N5S2.HI/c1-5-23(6-2)17(15-8-10-24-12-15)11-21-18(19-4)20-9-7-16-13-25-14(3)22-16;/h8,10,12-13,17H,5-7,9,11H2,1-4H3,(H2,19,20,21);1H. The molecule has 0 bridgehead atoms. The fraction of sp³-hybridized carbons (Fsp3) is 0.556. The number of likely N-dealkylation sites (N-methyl/N-ethyl adjacent to an activating group) is 1. The molecule has 2 rings (SSSR count). The van der Waals surface area contributed by atoms with Crippen molar-refractivity contribution in [3.8, 4) is 0 Å². The second kappa shape index (κ2) is 12.6. The molecule has 5 nitrogen and oxygen atoms in total. The molecule has 8 heteroatoms. The van der Waals surface area contributed by atoms with E-state index in [0.29, 0.717) is 6.04 Å². The Balaban J connectivity index is 0.00000338. The number of aryl methyl sites for hydroxylation is 1. The predicted octanol–water partition coefficient (Wildman–Crippen LogP) is 3.92. The summed E-state index contributed by atoms with van der Waals surface area (Å²) < 4.78 is 0. The Morgan fingerprint density at radius 2 is 2.04 bits per heavy atom. The predicted molar refractivity (Wildman–Crippen MR) is 125 cm³/mol. The molecule has 0 fully saturated rings. The number of nitrogens with zero attached hydrogens (tertiary/aromatic N) is 3. The van der Waals surface area contributed by atoms with Gasteiger partial charge in [-0.15, -0.1) is 35.3 Å². The summed E-state index contributed by atoms with van der Waals surface area (Å²) in [6, 6.07) is 2.58. The highest BCUT2D eigenvalue weighted by molar-refractivity contribution is 14.0. The van der Waals surface area contributed by atoms with E-state index in [1.165, 1.54) is 5.56 Å². The van der Waals surface area contributed by atoms with Crippen LogP contribution in [0.5, 0.6) is 0 Å². The van der Waals surface area contributed by atoms with Crippen molar-refractivity contribution in [1.82, 2.24) is 20.5 Å². The van der Waals surface area contributed by atoms with Crippen molar-refractivity contribution in [2.45, 2.75) is 33.2 Å². The van der Waals surface area contributed by atoms with Crippen LogP contribution in [0.2, 0.25) is 0 Å². The van der Waals surface area contributed by atoms with Gasteiger partial charge in [0, 0.05) is 31.9 Å². The molecule has 0 aliphatic carbocycles. The van der Waals surface area contributed by atoms with Crippen molar-refractivity contribution in [1.29, 1.82) is 0 Å². The molecule has 0 aliphatic rings. The van der Waals surface area contributed by atoms with Crippen molar-refractivity contribution < 1.29 is 0 Å². The van der Waals surface area contributed by atoms with Crippen LogP contribution in [0.1, 0.15) is 36.2 Å². The van der Waals surface area contributed by atoms with Crippen molar-refractivity contribution in [3.63, 3.8) is 0 Å². The van der Waals surface area contributed by atoms with Gasteiger partial charge in [0.05, 0.1) is 16.7 Å². The zero-order valence-corrected chi connectivity index (χ0v) is 20.0. The molecule has 0 spiro atoms. The van der Waals surface area contributed by atoms with Crippen LogP contribution in [-0.2, 0) is 6.42 Å². The molecule has 0 amide bonds. The maximum Gasteiger partial charge on any atom is 0.191 e. The summed E-state index contributed by atoms with van der Waals surface area (Å²) in [5, 5.41) is 14.5. The van der Waals surface area contributed by atoms with Crippen molar-refractivity contribution in [2.24, 2.45) is 4.99 Å². The van der Waals surface area contributed by atoms with Crippen LogP contribution in [0.25, 0.3) is 0 Å². The zero-order valence-electron chi connectivity index (χ0n) is 16.0. The first-order chi connectivity index (χ1) is 12.2. The van der Waals surface area contributed by atoms with Crippen LogP contribution in [-0.4, -0.2) is 49.1 Å². The molecule has 2 heterocycles. The molecule has 1 atom stereocenters. The Kier molecular flexibility index (Phi) is 11.3. The van der Waals surface area contributed by atoms with E-state index in [-0.39, 0.29) is 24.0 Å². The fourth-order valence-electron chi connectivity index (χ4n) is 2.83. The van der Waals surface area contributed by atoms with E-state index < -0.39 is 0 Å². The third-order valence-electron chi connectivity index (χ3n) is 4.21. The Morgan fingerprint density at radius 1 is 1.27 bits per heavy atom. The number of nitrogens with one attached hydrogen (secondary N) is 2. The number of aromatic nitrogens is 1. The first-order valence-electron chi connectivity index (χ1n) is 8.79. The van der Waals surface area contributed by atoms with Gasteiger partial charge in [0.1, 0.15) is 0 Å². The molecule has 1 unspecified atom stereocenters. The second-order valence-corrected chi connectivity index (χ2v) is 7.62. The number of thiophene rings is 1. The van der Waals surface area contributed by atoms with Gasteiger partial charge in [0.2, 0.25) is 0 Å². The SMILES string of the molecule is CCN(CC)C(CNC(=NC)NCCc1csc(C)n1)c1ccsc1.I. The van der Waals surface area contributed by atoms with Gasteiger partial charge in [0.25, 0.3) is 0 Å². The Morgan fingerprint density at radius 3 is 2.58 bits per heavy atom. The van der Waals surface area contributed by atoms with Crippen molar-refractivity contribution >= 4 is 52.6 Å². The largest absolute Gasteiger partial charge is 0.356 e. The van der Waals surface area contributed by atoms with E-state index >= 15 is 0 Å². The third-order valence-corrected chi connectivity index (χ3v) is 5.73. The molecular weight excluding hydrogens is 477 g/mol. The highest BCUT2D eigenvalue weighted by Crippen LogP contribution is 2.22. The van der Waals surface area contributed by atoms with Crippen LogP contribution < -0.4 is 10.6 Å². The van der Waals surface area contributed by atoms with Gasteiger partial charge in [-0.1, -0.05) is 13.8 Å². The quantitative estimate of drug-likeness (QED) is 0.307. The Hall–Kier alpha value is -0.710. The molecule has 0 saturated heterocycles. The monoisotopic (exact) mass is 507 g/mol. The van der Waals surface area contributed by atoms with Gasteiger partial charge in [0.15, 0.2) is 5.96 Å². The third kappa shape index (κ3) is 7.13. The summed E-state index contributed by atoms with van der Waals surface area (Å²) in [5.41, 5.74) is 2.51. The number of halogens is 1. The lowest BCUT2D eigenvalue weighted by Crippen LogP contribution is -2.43. The van der Waals surface area contributed by atoms with Gasteiger partial charge in [-0.05, 0) is 42.4 Å². The lowest BCUT2D eigenvalue weighted by atomic mass is 10.1. The minimum atomic E-state index is 0. The summed E-state index contributed by atoms with van der Waals surface area (Å²) in [6.07, 6.45) is 0.912. The van der Waals surface area contributed by atoms with E-state index in [1.807, 2.05) is 14.0 Å². The summed E-state index contributed by atoms with van der Waals surface area (Å²) >= 11 is 3.45. The summed E-state index contributed by atoms with van der Waals surface area (Å²) in [7, 11) is 1.82. The van der Waals surface area contributed by atoms with E-state index in [1.54, 1.807) is 22.7 Å². The van der Waals surface area contributed by atoms with E-state index in [0.717, 1.165) is 49.3 Å². The normalized spacial score (nSPS) is 12.7. The first-order valence-corrected chi connectivity index (χ1v) is 10.6. The number of guanidine groups is 1.